The Balaban J connectivity index is 1.59. The minimum atomic E-state index is -1.09. The molecule has 0 amide bonds. The van der Waals surface area contributed by atoms with Crippen molar-refractivity contribution in [1.29, 1.82) is 0 Å². The number of carboxylic acid groups (broad SMARTS) is 1. The van der Waals surface area contributed by atoms with E-state index in [4.69, 9.17) is 4.74 Å². The van der Waals surface area contributed by atoms with Crippen molar-refractivity contribution in [1.82, 2.24) is 0 Å². The van der Waals surface area contributed by atoms with Crippen LogP contribution >= 0.6 is 0 Å². The zero-order valence-corrected chi connectivity index (χ0v) is 17.9. The summed E-state index contributed by atoms with van der Waals surface area (Å²) in [7, 11) is 1.62. The van der Waals surface area contributed by atoms with Crippen molar-refractivity contribution >= 4 is 11.8 Å². The predicted octanol–water partition coefficient (Wildman–Crippen LogP) is 5.04. The van der Waals surface area contributed by atoms with Gasteiger partial charge in [-0.05, 0) is 60.2 Å². The van der Waals surface area contributed by atoms with Gasteiger partial charge in [-0.15, -0.1) is 0 Å². The van der Waals surface area contributed by atoms with Crippen molar-refractivity contribution in [2.45, 2.75) is 32.6 Å². The van der Waals surface area contributed by atoms with Crippen molar-refractivity contribution in [3.63, 3.8) is 0 Å². The van der Waals surface area contributed by atoms with Gasteiger partial charge in [0.25, 0.3) is 0 Å². The number of ether oxygens (including phenoxy) is 1. The van der Waals surface area contributed by atoms with E-state index in [0.717, 1.165) is 28.0 Å². The molecule has 0 saturated heterocycles. The maximum absolute atomic E-state index is 13.2. The summed E-state index contributed by atoms with van der Waals surface area (Å²) in [4.78, 5) is 25.4. The quantitative estimate of drug-likeness (QED) is 0.551. The van der Waals surface area contributed by atoms with Crippen molar-refractivity contribution in [3.05, 3.63) is 100 Å². The van der Waals surface area contributed by atoms with Crippen LogP contribution in [0, 0.1) is 12.3 Å². The Morgan fingerprint density at radius 1 is 0.968 bits per heavy atom. The van der Waals surface area contributed by atoms with Crippen LogP contribution in [0.15, 0.2) is 66.7 Å². The van der Waals surface area contributed by atoms with E-state index in [1.165, 1.54) is 5.56 Å². The number of aliphatic carboxylic acids is 1. The van der Waals surface area contributed by atoms with Crippen LogP contribution in [0.1, 0.15) is 44.6 Å². The number of hydrogen-bond donors (Lipinski definition) is 1. The summed E-state index contributed by atoms with van der Waals surface area (Å²) >= 11 is 0. The smallest absolute Gasteiger partial charge is 0.310 e. The fourth-order valence-corrected chi connectivity index (χ4v) is 4.47. The SMILES string of the molecule is COc1ccc(C(=O)CC2(C(=O)O)Cc3ccccc3C2)cc1Cc1ccc(C)cc1. The summed E-state index contributed by atoms with van der Waals surface area (Å²) in [5.41, 5.74) is 4.71. The number of carboxylic acids is 1. The van der Waals surface area contributed by atoms with E-state index < -0.39 is 11.4 Å². The molecule has 3 aromatic carbocycles. The molecule has 0 aliphatic heterocycles. The molecule has 0 spiro atoms. The molecule has 0 aromatic heterocycles. The summed E-state index contributed by atoms with van der Waals surface area (Å²) in [6.07, 6.45) is 1.39. The van der Waals surface area contributed by atoms with Crippen LogP contribution in [0.4, 0.5) is 0 Å². The lowest BCUT2D eigenvalue weighted by molar-refractivity contribution is -0.148. The fraction of sp³-hybridized carbons (Fsp3) is 0.259. The molecule has 0 bridgehead atoms. The highest BCUT2D eigenvalue weighted by molar-refractivity contribution is 5.99. The normalized spacial score (nSPS) is 14.1. The molecular formula is C27H26O4. The fourth-order valence-electron chi connectivity index (χ4n) is 4.47. The molecule has 158 valence electrons. The van der Waals surface area contributed by atoms with Crippen LogP contribution in [-0.2, 0) is 24.1 Å². The van der Waals surface area contributed by atoms with Gasteiger partial charge in [-0.3, -0.25) is 9.59 Å². The minimum absolute atomic E-state index is 0.0205. The summed E-state index contributed by atoms with van der Waals surface area (Å²) in [5, 5.41) is 10.0. The Morgan fingerprint density at radius 2 is 1.61 bits per heavy atom. The number of benzene rings is 3. The second-order valence-electron chi connectivity index (χ2n) is 8.50. The molecule has 4 rings (SSSR count). The van der Waals surface area contributed by atoms with Crippen LogP contribution in [0.3, 0.4) is 0 Å². The molecule has 4 heteroatoms. The number of aryl methyl sites for hydroxylation is 1. The van der Waals surface area contributed by atoms with Crippen molar-refractivity contribution < 1.29 is 19.4 Å². The molecule has 4 nitrogen and oxygen atoms in total. The van der Waals surface area contributed by atoms with E-state index in [9.17, 15) is 14.7 Å². The Hall–Kier alpha value is -3.40. The van der Waals surface area contributed by atoms with Crippen molar-refractivity contribution in [2.24, 2.45) is 5.41 Å². The third-order valence-electron chi connectivity index (χ3n) is 6.25. The second-order valence-corrected chi connectivity index (χ2v) is 8.50. The number of rotatable bonds is 7. The first-order chi connectivity index (χ1) is 14.9. The monoisotopic (exact) mass is 414 g/mol. The van der Waals surface area contributed by atoms with Crippen LogP contribution in [-0.4, -0.2) is 24.0 Å². The third kappa shape index (κ3) is 4.24. The van der Waals surface area contributed by atoms with Gasteiger partial charge in [0.05, 0.1) is 12.5 Å². The topological polar surface area (TPSA) is 63.6 Å². The van der Waals surface area contributed by atoms with Crippen LogP contribution in [0.5, 0.6) is 5.75 Å². The first kappa shape index (κ1) is 20.9. The molecule has 3 aromatic rings. The molecule has 0 unspecified atom stereocenters. The lowest BCUT2D eigenvalue weighted by atomic mass is 9.78. The van der Waals surface area contributed by atoms with Gasteiger partial charge in [-0.2, -0.15) is 0 Å². The van der Waals surface area contributed by atoms with E-state index in [1.54, 1.807) is 19.2 Å². The van der Waals surface area contributed by atoms with Crippen LogP contribution in [0.25, 0.3) is 0 Å². The number of Topliss-reactive ketones (excluding diaryl/α,β-unsaturated/α-hetero) is 1. The Morgan fingerprint density at radius 3 is 2.19 bits per heavy atom. The number of fused-ring (bicyclic) bond motifs is 1. The molecule has 0 atom stereocenters. The van der Waals surface area contributed by atoms with E-state index in [2.05, 4.69) is 24.3 Å². The number of carbonyl (C=O) groups excluding carboxylic acids is 1. The van der Waals surface area contributed by atoms with Gasteiger partial charge in [0.2, 0.25) is 0 Å². The first-order valence-corrected chi connectivity index (χ1v) is 10.5. The number of methoxy groups -OCH3 is 1. The van der Waals surface area contributed by atoms with Gasteiger partial charge in [0, 0.05) is 18.4 Å². The minimum Gasteiger partial charge on any atom is -0.496 e. The summed E-state index contributed by atoms with van der Waals surface area (Å²) in [5.74, 6) is -0.341. The predicted molar refractivity (Wildman–Crippen MR) is 120 cm³/mol. The third-order valence-corrected chi connectivity index (χ3v) is 6.25. The van der Waals surface area contributed by atoms with Gasteiger partial charge in [-0.1, -0.05) is 54.1 Å². The van der Waals surface area contributed by atoms with Gasteiger partial charge in [-0.25, -0.2) is 0 Å². The van der Waals surface area contributed by atoms with E-state index in [-0.39, 0.29) is 12.2 Å². The van der Waals surface area contributed by atoms with Gasteiger partial charge in [0.1, 0.15) is 5.75 Å². The Kier molecular flexibility index (Phi) is 5.64. The molecule has 31 heavy (non-hydrogen) atoms. The molecule has 1 N–H and O–H groups in total. The van der Waals surface area contributed by atoms with E-state index >= 15 is 0 Å². The van der Waals surface area contributed by atoms with Crippen molar-refractivity contribution in [3.8, 4) is 5.75 Å². The zero-order valence-electron chi connectivity index (χ0n) is 17.9. The molecule has 0 heterocycles. The highest BCUT2D eigenvalue weighted by Crippen LogP contribution is 2.41. The largest absolute Gasteiger partial charge is 0.496 e. The summed E-state index contributed by atoms with van der Waals surface area (Å²) < 4.78 is 5.50. The maximum atomic E-state index is 13.2. The molecule has 1 aliphatic rings. The van der Waals surface area contributed by atoms with Gasteiger partial charge < -0.3 is 9.84 Å². The maximum Gasteiger partial charge on any atom is 0.310 e. The standard InChI is InChI=1S/C27H26O4/c1-18-7-9-19(10-8-18)13-23-14-20(11-12-25(23)31-2)24(28)17-27(26(29)30)15-21-5-3-4-6-22(21)16-27/h3-12,14H,13,15-17H2,1-2H3,(H,29,30). The summed E-state index contributed by atoms with van der Waals surface area (Å²) in [6.45, 7) is 2.04. The Bertz CT molecular complexity index is 1100. The number of carbonyl (C=O) groups is 2. The Labute approximate surface area is 182 Å². The first-order valence-electron chi connectivity index (χ1n) is 10.5. The lowest BCUT2D eigenvalue weighted by Crippen LogP contribution is -2.34. The van der Waals surface area contributed by atoms with Crippen LogP contribution in [0.2, 0.25) is 0 Å². The van der Waals surface area contributed by atoms with E-state index in [0.29, 0.717) is 24.8 Å². The van der Waals surface area contributed by atoms with Gasteiger partial charge >= 0.3 is 5.97 Å². The molecule has 0 radical (unpaired) electrons. The number of ketones is 1. The highest BCUT2D eigenvalue weighted by Gasteiger charge is 2.45. The second kappa shape index (κ2) is 8.38. The van der Waals surface area contributed by atoms with Crippen molar-refractivity contribution in [2.75, 3.05) is 7.11 Å². The molecule has 1 aliphatic carbocycles. The number of hydrogen-bond acceptors (Lipinski definition) is 3. The average Bonchev–Trinajstić information content (AvgIpc) is 3.15. The summed E-state index contributed by atoms with van der Waals surface area (Å²) in [6, 6.07) is 21.4. The average molecular weight is 415 g/mol. The van der Waals surface area contributed by atoms with Crippen LogP contribution < -0.4 is 4.74 Å². The van der Waals surface area contributed by atoms with E-state index in [1.807, 2.05) is 37.3 Å². The highest BCUT2D eigenvalue weighted by atomic mass is 16.5. The molecular weight excluding hydrogens is 388 g/mol. The molecule has 0 saturated carbocycles. The lowest BCUT2D eigenvalue weighted by Gasteiger charge is -2.23. The molecule has 0 fully saturated rings. The van der Waals surface area contributed by atoms with Gasteiger partial charge in [0.15, 0.2) is 5.78 Å². The zero-order chi connectivity index (χ0) is 22.0.